The third-order valence-corrected chi connectivity index (χ3v) is 4.24. The Morgan fingerprint density at radius 2 is 1.55 bits per heavy atom. The van der Waals surface area contributed by atoms with Gasteiger partial charge in [0.25, 0.3) is 0 Å². The molecule has 3 nitrogen and oxygen atoms in total. The Kier molecular flexibility index (Phi) is 3.94. The van der Waals surface area contributed by atoms with Crippen LogP contribution in [0.25, 0.3) is 0 Å². The molecule has 0 saturated carbocycles. The van der Waals surface area contributed by atoms with E-state index in [1.54, 1.807) is 0 Å². The molecule has 0 radical (unpaired) electrons. The minimum Gasteiger partial charge on any atom is -0.293 e. The summed E-state index contributed by atoms with van der Waals surface area (Å²) in [5, 5.41) is 0. The lowest BCUT2D eigenvalue weighted by molar-refractivity contribution is 0.102. The number of hydrogen-bond acceptors (Lipinski definition) is 3. The van der Waals surface area contributed by atoms with E-state index in [-0.39, 0.29) is 10.5 Å². The SMILES string of the molecule is O=C(CS(=O)(=O)c1cccc(F)c1)c1cccc(F)c1. The molecule has 0 N–H and O–H groups in total. The minimum atomic E-state index is -3.95. The maximum Gasteiger partial charge on any atom is 0.185 e. The summed E-state index contributed by atoms with van der Waals surface area (Å²) in [5.41, 5.74) is -0.0371. The van der Waals surface area contributed by atoms with Crippen LogP contribution < -0.4 is 0 Å². The van der Waals surface area contributed by atoms with Crippen LogP contribution in [-0.2, 0) is 9.84 Å². The molecule has 6 heteroatoms. The van der Waals surface area contributed by atoms with Crippen LogP contribution in [0.15, 0.2) is 53.4 Å². The molecule has 20 heavy (non-hydrogen) atoms. The van der Waals surface area contributed by atoms with E-state index in [0.717, 1.165) is 24.3 Å². The average molecular weight is 296 g/mol. The summed E-state index contributed by atoms with van der Waals surface area (Å²) < 4.78 is 49.9. The number of rotatable bonds is 4. The molecule has 104 valence electrons. The van der Waals surface area contributed by atoms with Crippen molar-refractivity contribution in [2.45, 2.75) is 4.90 Å². The van der Waals surface area contributed by atoms with Crippen molar-refractivity contribution in [3.63, 3.8) is 0 Å². The Morgan fingerprint density at radius 1 is 0.950 bits per heavy atom. The Balaban J connectivity index is 2.27. The monoisotopic (exact) mass is 296 g/mol. The molecule has 0 heterocycles. The van der Waals surface area contributed by atoms with Gasteiger partial charge in [0, 0.05) is 5.56 Å². The molecule has 0 spiro atoms. The highest BCUT2D eigenvalue weighted by Gasteiger charge is 2.21. The molecule has 0 unspecified atom stereocenters. The first-order valence-electron chi connectivity index (χ1n) is 5.65. The predicted octanol–water partition coefficient (Wildman–Crippen LogP) is 2.62. The number of benzene rings is 2. The fraction of sp³-hybridized carbons (Fsp3) is 0.0714. The standard InChI is InChI=1S/C14H10F2O3S/c15-11-4-1-3-10(7-11)14(17)9-20(18,19)13-6-2-5-12(16)8-13/h1-8H,9H2. The largest absolute Gasteiger partial charge is 0.293 e. The van der Waals surface area contributed by atoms with Crippen LogP contribution in [0.4, 0.5) is 8.78 Å². The summed E-state index contributed by atoms with van der Waals surface area (Å²) in [6.07, 6.45) is 0. The highest BCUT2D eigenvalue weighted by molar-refractivity contribution is 7.92. The molecule has 0 fully saturated rings. The quantitative estimate of drug-likeness (QED) is 0.815. The Bertz CT molecular complexity index is 755. The van der Waals surface area contributed by atoms with Gasteiger partial charge in [0.05, 0.1) is 4.90 Å². The highest BCUT2D eigenvalue weighted by Crippen LogP contribution is 2.15. The third-order valence-electron chi connectivity index (χ3n) is 2.62. The van der Waals surface area contributed by atoms with Crippen molar-refractivity contribution in [2.75, 3.05) is 5.75 Å². The number of carbonyl (C=O) groups is 1. The van der Waals surface area contributed by atoms with Crippen molar-refractivity contribution < 1.29 is 22.0 Å². The van der Waals surface area contributed by atoms with E-state index in [4.69, 9.17) is 0 Å². The molecular weight excluding hydrogens is 286 g/mol. The van der Waals surface area contributed by atoms with Gasteiger partial charge in [-0.1, -0.05) is 18.2 Å². The Hall–Kier alpha value is -2.08. The van der Waals surface area contributed by atoms with Gasteiger partial charge in [-0.3, -0.25) is 4.79 Å². The number of carbonyl (C=O) groups excluding carboxylic acids is 1. The first-order valence-corrected chi connectivity index (χ1v) is 7.31. The van der Waals surface area contributed by atoms with Crippen molar-refractivity contribution in [1.29, 1.82) is 0 Å². The summed E-state index contributed by atoms with van der Waals surface area (Å²) in [7, 11) is -3.95. The van der Waals surface area contributed by atoms with Crippen molar-refractivity contribution in [3.8, 4) is 0 Å². The molecule has 0 amide bonds. The lowest BCUT2D eigenvalue weighted by atomic mass is 10.1. The van der Waals surface area contributed by atoms with Crippen molar-refractivity contribution >= 4 is 15.6 Å². The van der Waals surface area contributed by atoms with Crippen molar-refractivity contribution in [2.24, 2.45) is 0 Å². The van der Waals surface area contributed by atoms with Crippen LogP contribution >= 0.6 is 0 Å². The van der Waals surface area contributed by atoms with E-state index in [1.165, 1.54) is 24.3 Å². The second kappa shape index (κ2) is 5.50. The van der Waals surface area contributed by atoms with Crippen molar-refractivity contribution in [3.05, 3.63) is 65.7 Å². The third kappa shape index (κ3) is 3.27. The number of ketones is 1. The van der Waals surface area contributed by atoms with Gasteiger partial charge in [0.2, 0.25) is 0 Å². The number of Topliss-reactive ketones (excluding diaryl/α,β-unsaturated/α-hetero) is 1. The molecule has 0 aromatic heterocycles. The molecule has 0 saturated heterocycles. The topological polar surface area (TPSA) is 51.2 Å². The van der Waals surface area contributed by atoms with Gasteiger partial charge in [-0.2, -0.15) is 0 Å². The zero-order valence-corrected chi connectivity index (χ0v) is 11.0. The van der Waals surface area contributed by atoms with Crippen LogP contribution in [0.3, 0.4) is 0 Å². The molecule has 0 aliphatic rings. The van der Waals surface area contributed by atoms with Gasteiger partial charge in [-0.25, -0.2) is 17.2 Å². The zero-order valence-electron chi connectivity index (χ0n) is 10.2. The van der Waals surface area contributed by atoms with E-state index in [2.05, 4.69) is 0 Å². The minimum absolute atomic E-state index is 0.0371. The van der Waals surface area contributed by atoms with Gasteiger partial charge >= 0.3 is 0 Å². The smallest absolute Gasteiger partial charge is 0.185 e. The van der Waals surface area contributed by atoms with Crippen LogP contribution in [0, 0.1) is 11.6 Å². The molecule has 2 aromatic carbocycles. The average Bonchev–Trinajstić information content (AvgIpc) is 2.38. The lowest BCUT2D eigenvalue weighted by Crippen LogP contribution is -2.16. The van der Waals surface area contributed by atoms with E-state index in [0.29, 0.717) is 0 Å². The van der Waals surface area contributed by atoms with Gasteiger partial charge < -0.3 is 0 Å². The molecule has 2 aromatic rings. The molecule has 2 rings (SSSR count). The summed E-state index contributed by atoms with van der Waals surface area (Å²) in [4.78, 5) is 11.6. The second-order valence-electron chi connectivity index (χ2n) is 4.15. The Morgan fingerprint density at radius 3 is 2.15 bits per heavy atom. The van der Waals surface area contributed by atoms with Crippen molar-refractivity contribution in [1.82, 2.24) is 0 Å². The fourth-order valence-electron chi connectivity index (χ4n) is 1.66. The summed E-state index contributed by atoms with van der Waals surface area (Å²) >= 11 is 0. The van der Waals surface area contributed by atoms with E-state index >= 15 is 0 Å². The van der Waals surface area contributed by atoms with Crippen LogP contribution in [0.5, 0.6) is 0 Å². The molecule has 0 bridgehead atoms. The second-order valence-corrected chi connectivity index (χ2v) is 6.14. The van der Waals surface area contributed by atoms with E-state index in [1.807, 2.05) is 0 Å². The van der Waals surface area contributed by atoms with E-state index < -0.39 is 33.0 Å². The van der Waals surface area contributed by atoms with Gasteiger partial charge in [0.1, 0.15) is 17.4 Å². The predicted molar refractivity (Wildman–Crippen MR) is 69.2 cm³/mol. The molecule has 0 aliphatic carbocycles. The maximum atomic E-state index is 13.0. The zero-order chi connectivity index (χ0) is 14.8. The van der Waals surface area contributed by atoms with Crippen LogP contribution in [0.2, 0.25) is 0 Å². The molecular formula is C14H10F2O3S. The summed E-state index contributed by atoms with van der Waals surface area (Å²) in [6.45, 7) is 0. The normalized spacial score (nSPS) is 11.3. The van der Waals surface area contributed by atoms with Gasteiger partial charge in [-0.05, 0) is 30.3 Å². The highest BCUT2D eigenvalue weighted by atomic mass is 32.2. The van der Waals surface area contributed by atoms with Crippen LogP contribution in [-0.4, -0.2) is 20.0 Å². The van der Waals surface area contributed by atoms with Crippen LogP contribution in [0.1, 0.15) is 10.4 Å². The number of halogens is 2. The molecule has 0 atom stereocenters. The first-order chi connectivity index (χ1) is 9.38. The number of sulfone groups is 1. The number of hydrogen-bond donors (Lipinski definition) is 0. The van der Waals surface area contributed by atoms with Gasteiger partial charge in [-0.15, -0.1) is 0 Å². The van der Waals surface area contributed by atoms with Gasteiger partial charge in [0.15, 0.2) is 15.6 Å². The van der Waals surface area contributed by atoms with E-state index in [9.17, 15) is 22.0 Å². The maximum absolute atomic E-state index is 13.0. The fourth-order valence-corrected chi connectivity index (χ4v) is 2.92. The Labute approximate surface area is 114 Å². The summed E-state index contributed by atoms with van der Waals surface area (Å²) in [5.74, 6) is -2.91. The lowest BCUT2D eigenvalue weighted by Gasteiger charge is -2.04. The first kappa shape index (κ1) is 14.3. The summed E-state index contributed by atoms with van der Waals surface area (Å²) in [6, 6.07) is 9.15. The molecule has 0 aliphatic heterocycles.